The SMILES string of the molecule is CC(C)(C)OC(=O)N1[C@@H]2CC[C@H]1CC(N1CC=Cc3cc(-c4ccc(Cl)cc4O)nnc31)C2. The Kier molecular flexibility index (Phi) is 5.47. The Morgan fingerprint density at radius 2 is 1.85 bits per heavy atom. The van der Waals surface area contributed by atoms with Crippen LogP contribution < -0.4 is 4.90 Å². The summed E-state index contributed by atoms with van der Waals surface area (Å²) in [4.78, 5) is 17.1. The molecule has 4 heterocycles. The first kappa shape index (κ1) is 22.0. The lowest BCUT2D eigenvalue weighted by Gasteiger charge is -2.44. The van der Waals surface area contributed by atoms with Crippen LogP contribution in [0.4, 0.5) is 10.6 Å². The second-order valence-electron chi connectivity index (χ2n) is 10.1. The first-order valence-electron chi connectivity index (χ1n) is 11.5. The summed E-state index contributed by atoms with van der Waals surface area (Å²) < 4.78 is 5.68. The number of hydrogen-bond acceptors (Lipinski definition) is 6. The monoisotopic (exact) mass is 468 g/mol. The number of halogens is 1. The summed E-state index contributed by atoms with van der Waals surface area (Å²) in [5, 5.41) is 19.7. The van der Waals surface area contributed by atoms with Crippen LogP contribution in [0.25, 0.3) is 17.3 Å². The highest BCUT2D eigenvalue weighted by Gasteiger charge is 2.46. The van der Waals surface area contributed by atoms with Crippen molar-refractivity contribution in [1.82, 2.24) is 15.1 Å². The van der Waals surface area contributed by atoms with Gasteiger partial charge in [0, 0.05) is 40.8 Å². The van der Waals surface area contributed by atoms with Gasteiger partial charge in [0.2, 0.25) is 0 Å². The molecular weight excluding hydrogens is 440 g/mol. The number of aromatic nitrogens is 2. The maximum absolute atomic E-state index is 12.8. The molecule has 3 aliphatic heterocycles. The third-order valence-corrected chi connectivity index (χ3v) is 6.90. The van der Waals surface area contributed by atoms with Gasteiger partial charge in [0.25, 0.3) is 0 Å². The van der Waals surface area contributed by atoms with E-state index in [1.54, 1.807) is 12.1 Å². The maximum Gasteiger partial charge on any atom is 0.410 e. The van der Waals surface area contributed by atoms with Crippen LogP contribution in [0.5, 0.6) is 5.75 Å². The molecule has 8 heteroatoms. The highest BCUT2D eigenvalue weighted by atomic mass is 35.5. The van der Waals surface area contributed by atoms with E-state index in [4.69, 9.17) is 16.3 Å². The topological polar surface area (TPSA) is 78.8 Å². The minimum absolute atomic E-state index is 0.0829. The molecule has 1 amide bonds. The number of phenolic OH excluding ortho intramolecular Hbond substituents is 1. The Hall–Kier alpha value is -2.80. The van der Waals surface area contributed by atoms with Gasteiger partial charge in [-0.3, -0.25) is 0 Å². The van der Waals surface area contributed by atoms with Crippen LogP contribution in [0, 0.1) is 0 Å². The Morgan fingerprint density at radius 1 is 1.12 bits per heavy atom. The zero-order chi connectivity index (χ0) is 23.3. The summed E-state index contributed by atoms with van der Waals surface area (Å²) in [7, 11) is 0. The van der Waals surface area contributed by atoms with Crippen molar-refractivity contribution in [3.05, 3.63) is 40.9 Å². The first-order chi connectivity index (χ1) is 15.7. The van der Waals surface area contributed by atoms with Crippen LogP contribution in [0.15, 0.2) is 30.3 Å². The minimum atomic E-state index is -0.490. The van der Waals surface area contributed by atoms with Gasteiger partial charge in [-0.1, -0.05) is 23.8 Å². The number of rotatable bonds is 2. The van der Waals surface area contributed by atoms with Gasteiger partial charge in [-0.25, -0.2) is 4.79 Å². The number of carbonyl (C=O) groups is 1. The van der Waals surface area contributed by atoms with Gasteiger partial charge in [-0.2, -0.15) is 0 Å². The quantitative estimate of drug-likeness (QED) is 0.647. The summed E-state index contributed by atoms with van der Waals surface area (Å²) in [5.74, 6) is 0.935. The zero-order valence-corrected chi connectivity index (χ0v) is 19.9. The van der Waals surface area contributed by atoms with Crippen molar-refractivity contribution in [2.24, 2.45) is 0 Å². The van der Waals surface area contributed by atoms with E-state index in [2.05, 4.69) is 27.2 Å². The summed E-state index contributed by atoms with van der Waals surface area (Å²) in [5.41, 5.74) is 1.69. The van der Waals surface area contributed by atoms with Crippen molar-refractivity contribution in [3.63, 3.8) is 0 Å². The molecule has 1 aromatic heterocycles. The van der Waals surface area contributed by atoms with Crippen LogP contribution >= 0.6 is 11.6 Å². The predicted octanol–water partition coefficient (Wildman–Crippen LogP) is 5.27. The maximum atomic E-state index is 12.8. The van der Waals surface area contributed by atoms with E-state index < -0.39 is 5.60 Å². The van der Waals surface area contributed by atoms with E-state index in [1.807, 2.05) is 31.7 Å². The van der Waals surface area contributed by atoms with Gasteiger partial charge in [0.1, 0.15) is 11.4 Å². The van der Waals surface area contributed by atoms with Gasteiger partial charge >= 0.3 is 6.09 Å². The van der Waals surface area contributed by atoms with E-state index in [1.165, 1.54) is 6.07 Å². The van der Waals surface area contributed by atoms with Crippen LogP contribution in [-0.2, 0) is 4.74 Å². The molecule has 5 rings (SSSR count). The van der Waals surface area contributed by atoms with E-state index in [0.717, 1.165) is 43.6 Å². The lowest BCUT2D eigenvalue weighted by molar-refractivity contribution is 0.00587. The van der Waals surface area contributed by atoms with Gasteiger partial charge in [0.15, 0.2) is 5.82 Å². The molecule has 0 radical (unpaired) electrons. The molecule has 1 unspecified atom stereocenters. The summed E-state index contributed by atoms with van der Waals surface area (Å²) >= 11 is 5.97. The van der Waals surface area contributed by atoms with Gasteiger partial charge in [-0.15, -0.1) is 10.2 Å². The van der Waals surface area contributed by atoms with E-state index in [9.17, 15) is 9.90 Å². The number of carbonyl (C=O) groups excluding carboxylic acids is 1. The van der Waals surface area contributed by atoms with Crippen molar-refractivity contribution >= 4 is 29.6 Å². The number of benzene rings is 1. The van der Waals surface area contributed by atoms with Crippen molar-refractivity contribution < 1.29 is 14.6 Å². The molecule has 2 saturated heterocycles. The average Bonchev–Trinajstić information content (AvgIpc) is 3.02. The number of piperidine rings is 1. The van der Waals surface area contributed by atoms with Crippen LogP contribution in [0.1, 0.15) is 52.0 Å². The number of fused-ring (bicyclic) bond motifs is 3. The molecular formula is C25H29ClN4O3. The Bertz CT molecular complexity index is 1100. The highest BCUT2D eigenvalue weighted by Crippen LogP contribution is 2.41. The average molecular weight is 469 g/mol. The van der Waals surface area contributed by atoms with E-state index in [0.29, 0.717) is 16.3 Å². The van der Waals surface area contributed by atoms with Crippen LogP contribution in [0.3, 0.4) is 0 Å². The molecule has 2 bridgehead atoms. The minimum Gasteiger partial charge on any atom is -0.507 e. The van der Waals surface area contributed by atoms with Gasteiger partial charge in [0.05, 0.1) is 5.69 Å². The number of amides is 1. The third kappa shape index (κ3) is 4.26. The van der Waals surface area contributed by atoms with E-state index >= 15 is 0 Å². The van der Waals surface area contributed by atoms with Crippen molar-refractivity contribution in [2.75, 3.05) is 11.4 Å². The molecule has 0 saturated carbocycles. The van der Waals surface area contributed by atoms with E-state index in [-0.39, 0.29) is 30.0 Å². The zero-order valence-electron chi connectivity index (χ0n) is 19.2. The molecule has 2 aromatic rings. The van der Waals surface area contributed by atoms with Gasteiger partial charge in [-0.05, 0) is 70.7 Å². The molecule has 3 aliphatic rings. The number of phenols is 1. The lowest BCUT2D eigenvalue weighted by atomic mass is 9.95. The summed E-state index contributed by atoms with van der Waals surface area (Å²) in [6, 6.07) is 7.62. The first-order valence-corrected chi connectivity index (χ1v) is 11.9. The summed E-state index contributed by atoms with van der Waals surface area (Å²) in [6.07, 6.45) is 7.81. The molecule has 3 atom stereocenters. The standard InChI is InChI=1S/C25H29ClN4O3/c1-25(2,3)33-24(32)30-17-7-8-18(30)14-19(13-17)29-10-4-5-15-11-21(27-28-23(15)29)20-9-6-16(26)12-22(20)31/h4-6,9,11-12,17-19,31H,7-8,10,13-14H2,1-3H3/t17-,18+,19?. The number of ether oxygens (including phenoxy) is 1. The largest absolute Gasteiger partial charge is 0.507 e. The van der Waals surface area contributed by atoms with Crippen LogP contribution in [-0.4, -0.2) is 56.6 Å². The second kappa shape index (κ2) is 8.20. The van der Waals surface area contributed by atoms with Gasteiger partial charge < -0.3 is 19.6 Å². The molecule has 2 fully saturated rings. The molecule has 33 heavy (non-hydrogen) atoms. The predicted molar refractivity (Wildman–Crippen MR) is 128 cm³/mol. The molecule has 174 valence electrons. The number of anilines is 1. The van der Waals surface area contributed by atoms with Crippen molar-refractivity contribution in [2.45, 2.75) is 70.2 Å². The molecule has 1 N–H and O–H groups in total. The number of hydrogen-bond donors (Lipinski definition) is 1. The second-order valence-corrected chi connectivity index (χ2v) is 10.6. The third-order valence-electron chi connectivity index (χ3n) is 6.66. The lowest BCUT2D eigenvalue weighted by Crippen LogP contribution is -2.54. The molecule has 0 aliphatic carbocycles. The molecule has 7 nitrogen and oxygen atoms in total. The Balaban J connectivity index is 1.36. The highest BCUT2D eigenvalue weighted by molar-refractivity contribution is 6.30. The summed E-state index contributed by atoms with van der Waals surface area (Å²) in [6.45, 7) is 6.50. The fraction of sp³-hybridized carbons (Fsp3) is 0.480. The van der Waals surface area contributed by atoms with Crippen LogP contribution in [0.2, 0.25) is 5.02 Å². The number of nitrogens with zero attached hydrogens (tertiary/aromatic N) is 4. The van der Waals surface area contributed by atoms with Crippen molar-refractivity contribution in [3.8, 4) is 17.0 Å². The molecule has 1 aromatic carbocycles. The Morgan fingerprint density at radius 3 is 2.52 bits per heavy atom. The van der Waals surface area contributed by atoms with Crippen molar-refractivity contribution in [1.29, 1.82) is 0 Å². The fourth-order valence-corrected chi connectivity index (χ4v) is 5.48. The number of aromatic hydroxyl groups is 1. The normalized spacial score (nSPS) is 24.1. The smallest absolute Gasteiger partial charge is 0.410 e. The fourth-order valence-electron chi connectivity index (χ4n) is 5.32. The Labute approximate surface area is 199 Å². The molecule has 0 spiro atoms.